The van der Waals surface area contributed by atoms with E-state index in [9.17, 15) is 4.79 Å². The minimum Gasteiger partial charge on any atom is -0.497 e. The zero-order valence-corrected chi connectivity index (χ0v) is 20.0. The lowest BCUT2D eigenvalue weighted by Crippen LogP contribution is -2.16. The molecule has 1 aliphatic carbocycles. The number of carbonyl (C=O) groups excluding carboxylic acids is 1. The van der Waals surface area contributed by atoms with Crippen LogP contribution in [0.5, 0.6) is 5.75 Å². The predicted octanol–water partition coefficient (Wildman–Crippen LogP) is 6.03. The van der Waals surface area contributed by atoms with E-state index in [1.54, 1.807) is 42.7 Å². The van der Waals surface area contributed by atoms with E-state index in [1.165, 1.54) is 17.8 Å². The van der Waals surface area contributed by atoms with Gasteiger partial charge in [0.15, 0.2) is 0 Å². The fourth-order valence-electron chi connectivity index (χ4n) is 3.11. The van der Waals surface area contributed by atoms with Crippen molar-refractivity contribution < 1.29 is 14.6 Å². The molecule has 1 aromatic heterocycles. The van der Waals surface area contributed by atoms with Crippen molar-refractivity contribution in [2.75, 3.05) is 30.9 Å². The number of anilines is 2. The molecule has 4 rings (SSSR count). The molecule has 1 heterocycles. The highest BCUT2D eigenvalue weighted by Gasteiger charge is 2.27. The van der Waals surface area contributed by atoms with Gasteiger partial charge in [0.1, 0.15) is 5.75 Å². The standard InChI is InChI=1S/C22H22ClN3O3S.C2H6/c1-29-15-5-7-17(19(11-15)24-8-9-27)21(28)25-14-4-6-16(18(23)10-14)20-12-30-22(26-20)13-2-3-13;1-2/h4-7,10-13,24,27H,2-3,8-9H2,1H3,(H,25,28);1-2H3. The smallest absolute Gasteiger partial charge is 0.257 e. The van der Waals surface area contributed by atoms with Gasteiger partial charge in [-0.2, -0.15) is 0 Å². The summed E-state index contributed by atoms with van der Waals surface area (Å²) >= 11 is 8.17. The largest absolute Gasteiger partial charge is 0.497 e. The normalized spacial score (nSPS) is 12.5. The van der Waals surface area contributed by atoms with Gasteiger partial charge < -0.3 is 20.5 Å². The van der Waals surface area contributed by atoms with Gasteiger partial charge in [-0.15, -0.1) is 11.3 Å². The van der Waals surface area contributed by atoms with Gasteiger partial charge in [0.05, 0.1) is 40.7 Å². The molecule has 0 saturated heterocycles. The number of aromatic nitrogens is 1. The Hall–Kier alpha value is -2.61. The number of hydrogen-bond acceptors (Lipinski definition) is 6. The van der Waals surface area contributed by atoms with Gasteiger partial charge in [0.2, 0.25) is 0 Å². The van der Waals surface area contributed by atoms with E-state index >= 15 is 0 Å². The van der Waals surface area contributed by atoms with Crippen molar-refractivity contribution >= 4 is 40.2 Å². The van der Waals surface area contributed by atoms with E-state index in [0.29, 0.717) is 40.2 Å². The van der Waals surface area contributed by atoms with Gasteiger partial charge in [0.25, 0.3) is 5.91 Å². The van der Waals surface area contributed by atoms with Gasteiger partial charge in [-0.25, -0.2) is 4.98 Å². The molecule has 0 aliphatic heterocycles. The SMILES string of the molecule is CC.COc1ccc(C(=O)Nc2ccc(-c3csc(C4CC4)n3)c(Cl)c2)c(NCCO)c1. The van der Waals surface area contributed by atoms with Crippen molar-refractivity contribution in [3.05, 3.63) is 57.4 Å². The Morgan fingerprint density at radius 2 is 2.03 bits per heavy atom. The van der Waals surface area contributed by atoms with Crippen LogP contribution in [0.25, 0.3) is 11.3 Å². The first kappa shape index (κ1) is 24.0. The lowest BCUT2D eigenvalue weighted by molar-refractivity contribution is 0.102. The molecule has 8 heteroatoms. The van der Waals surface area contributed by atoms with E-state index in [0.717, 1.165) is 11.3 Å². The molecule has 1 fully saturated rings. The lowest BCUT2D eigenvalue weighted by Gasteiger charge is -2.13. The van der Waals surface area contributed by atoms with Crippen molar-refractivity contribution in [2.45, 2.75) is 32.6 Å². The maximum Gasteiger partial charge on any atom is 0.257 e. The summed E-state index contributed by atoms with van der Waals surface area (Å²) in [5.41, 5.74) is 3.34. The molecule has 6 nitrogen and oxygen atoms in total. The number of hydrogen-bond donors (Lipinski definition) is 3. The number of aliphatic hydroxyl groups excluding tert-OH is 1. The number of rotatable bonds is 8. The monoisotopic (exact) mass is 473 g/mol. The summed E-state index contributed by atoms with van der Waals surface area (Å²) in [5, 5.41) is 18.7. The van der Waals surface area contributed by atoms with Crippen LogP contribution in [-0.2, 0) is 0 Å². The molecule has 0 unspecified atom stereocenters. The van der Waals surface area contributed by atoms with Crippen molar-refractivity contribution in [3.8, 4) is 17.0 Å². The molecule has 170 valence electrons. The van der Waals surface area contributed by atoms with Crippen molar-refractivity contribution in [1.82, 2.24) is 4.98 Å². The van der Waals surface area contributed by atoms with Crippen LogP contribution in [0.2, 0.25) is 5.02 Å². The summed E-state index contributed by atoms with van der Waals surface area (Å²) in [7, 11) is 1.56. The van der Waals surface area contributed by atoms with E-state index in [4.69, 9.17) is 26.4 Å². The van der Waals surface area contributed by atoms with E-state index in [-0.39, 0.29) is 12.5 Å². The first-order chi connectivity index (χ1) is 15.6. The maximum atomic E-state index is 12.8. The number of ether oxygens (including phenoxy) is 1. The molecule has 32 heavy (non-hydrogen) atoms. The molecule has 0 spiro atoms. The molecule has 2 aromatic carbocycles. The molecule has 0 atom stereocenters. The fourth-order valence-corrected chi connectivity index (χ4v) is 4.38. The molecule has 3 N–H and O–H groups in total. The minimum atomic E-state index is -0.286. The lowest BCUT2D eigenvalue weighted by atomic mass is 10.1. The van der Waals surface area contributed by atoms with Crippen LogP contribution >= 0.6 is 22.9 Å². The van der Waals surface area contributed by atoms with Crippen LogP contribution < -0.4 is 15.4 Å². The van der Waals surface area contributed by atoms with Crippen LogP contribution in [0.3, 0.4) is 0 Å². The summed E-state index contributed by atoms with van der Waals surface area (Å²) in [6.07, 6.45) is 2.43. The van der Waals surface area contributed by atoms with Gasteiger partial charge in [-0.1, -0.05) is 25.4 Å². The topological polar surface area (TPSA) is 83.5 Å². The highest BCUT2D eigenvalue weighted by atomic mass is 35.5. The molecular formula is C24H28ClN3O3S. The number of amides is 1. The second-order valence-corrected chi connectivity index (χ2v) is 8.35. The molecular weight excluding hydrogens is 446 g/mol. The van der Waals surface area contributed by atoms with Gasteiger partial charge in [-0.05, 0) is 43.2 Å². The zero-order chi connectivity index (χ0) is 23.1. The van der Waals surface area contributed by atoms with E-state index in [2.05, 4.69) is 10.6 Å². The van der Waals surface area contributed by atoms with Crippen LogP contribution in [0.15, 0.2) is 41.8 Å². The van der Waals surface area contributed by atoms with E-state index in [1.807, 2.05) is 31.4 Å². The first-order valence-electron chi connectivity index (χ1n) is 10.7. The molecule has 3 aromatic rings. The van der Waals surface area contributed by atoms with Crippen LogP contribution in [0, 0.1) is 0 Å². The number of benzene rings is 2. The highest BCUT2D eigenvalue weighted by molar-refractivity contribution is 7.10. The number of thiazole rings is 1. The number of nitrogens with zero attached hydrogens (tertiary/aromatic N) is 1. The number of nitrogens with one attached hydrogen (secondary N) is 2. The summed E-state index contributed by atoms with van der Waals surface area (Å²) in [6.45, 7) is 4.28. The predicted molar refractivity (Wildman–Crippen MR) is 132 cm³/mol. The summed E-state index contributed by atoms with van der Waals surface area (Å²) < 4.78 is 5.22. The summed E-state index contributed by atoms with van der Waals surface area (Å²) in [5.74, 6) is 0.944. The second-order valence-electron chi connectivity index (χ2n) is 7.06. The first-order valence-corrected chi connectivity index (χ1v) is 11.9. The summed E-state index contributed by atoms with van der Waals surface area (Å²) in [6, 6.07) is 10.5. The Balaban J connectivity index is 0.00000141. The average Bonchev–Trinajstić information content (AvgIpc) is 3.56. The number of halogens is 1. The number of methoxy groups -OCH3 is 1. The molecule has 1 amide bonds. The molecule has 1 saturated carbocycles. The van der Waals surface area contributed by atoms with Crippen LogP contribution in [0.1, 0.15) is 48.0 Å². The summed E-state index contributed by atoms with van der Waals surface area (Å²) in [4.78, 5) is 17.5. The van der Waals surface area contributed by atoms with Crippen molar-refractivity contribution in [2.24, 2.45) is 0 Å². The zero-order valence-electron chi connectivity index (χ0n) is 18.4. The minimum absolute atomic E-state index is 0.0472. The van der Waals surface area contributed by atoms with Gasteiger partial charge in [-0.3, -0.25) is 4.79 Å². The Morgan fingerprint density at radius 3 is 2.69 bits per heavy atom. The van der Waals surface area contributed by atoms with Gasteiger partial charge >= 0.3 is 0 Å². The Labute approximate surface area is 197 Å². The van der Waals surface area contributed by atoms with E-state index < -0.39 is 0 Å². The molecule has 1 aliphatic rings. The number of carbonyl (C=O) groups is 1. The third-order valence-corrected chi connectivity index (χ3v) is 6.17. The third-order valence-electron chi connectivity index (χ3n) is 4.85. The quantitative estimate of drug-likeness (QED) is 0.372. The third kappa shape index (κ3) is 5.79. The van der Waals surface area contributed by atoms with Crippen molar-refractivity contribution in [3.63, 3.8) is 0 Å². The number of aliphatic hydroxyl groups is 1. The maximum absolute atomic E-state index is 12.8. The van der Waals surface area contributed by atoms with Crippen LogP contribution in [-0.4, -0.2) is 36.3 Å². The molecule has 0 bridgehead atoms. The fraction of sp³-hybridized carbons (Fsp3) is 0.333. The van der Waals surface area contributed by atoms with Crippen molar-refractivity contribution in [1.29, 1.82) is 0 Å². The highest BCUT2D eigenvalue weighted by Crippen LogP contribution is 2.43. The van der Waals surface area contributed by atoms with Gasteiger partial charge in [0, 0.05) is 35.2 Å². The second kappa shape index (κ2) is 11.3. The Morgan fingerprint density at radius 1 is 1.25 bits per heavy atom. The Kier molecular flexibility index (Phi) is 8.50. The average molecular weight is 474 g/mol. The molecule has 0 radical (unpaired) electrons. The Bertz CT molecular complexity index is 1070. The van der Waals surface area contributed by atoms with Crippen LogP contribution in [0.4, 0.5) is 11.4 Å².